The molecule has 0 aromatic heterocycles. The number of rotatable bonds is 4. The molecule has 62 valence electrons. The van der Waals surface area contributed by atoms with Gasteiger partial charge in [0.2, 0.25) is 0 Å². The van der Waals surface area contributed by atoms with Gasteiger partial charge in [-0.3, -0.25) is 4.57 Å². The van der Waals surface area contributed by atoms with E-state index in [1.54, 1.807) is 6.92 Å². The van der Waals surface area contributed by atoms with E-state index < -0.39 is 7.37 Å². The Hall–Kier alpha value is 0.190. The predicted octanol–water partition coefficient (Wildman–Crippen LogP) is 2.32. The third-order valence-electron chi connectivity index (χ3n) is 1.55. The van der Waals surface area contributed by atoms with Gasteiger partial charge in [-0.2, -0.15) is 0 Å². The summed E-state index contributed by atoms with van der Waals surface area (Å²) >= 11 is 0. The van der Waals surface area contributed by atoms with E-state index in [9.17, 15) is 4.57 Å². The Morgan fingerprint density at radius 1 is 1.50 bits per heavy atom. The van der Waals surface area contributed by atoms with Gasteiger partial charge in [-0.25, -0.2) is 0 Å². The van der Waals surface area contributed by atoms with Gasteiger partial charge in [-0.15, -0.1) is 0 Å². The topological polar surface area (TPSA) is 37.3 Å². The average Bonchev–Trinajstić information content (AvgIpc) is 1.85. The minimum Gasteiger partial charge on any atom is -0.344 e. The molecule has 0 aliphatic rings. The lowest BCUT2D eigenvalue weighted by atomic mass is 10.2. The fraction of sp³-hybridized carbons (Fsp3) is 1.00. The van der Waals surface area contributed by atoms with Crippen molar-refractivity contribution < 1.29 is 9.46 Å². The lowest BCUT2D eigenvalue weighted by molar-refractivity contribution is 0.470. The van der Waals surface area contributed by atoms with Crippen LogP contribution in [0.2, 0.25) is 0 Å². The van der Waals surface area contributed by atoms with Crippen molar-refractivity contribution in [3.05, 3.63) is 0 Å². The molecule has 0 aliphatic heterocycles. The molecule has 1 unspecified atom stereocenters. The van der Waals surface area contributed by atoms with Gasteiger partial charge in [0.15, 0.2) is 7.37 Å². The summed E-state index contributed by atoms with van der Waals surface area (Å²) in [6.07, 6.45) is 1.77. The van der Waals surface area contributed by atoms with E-state index in [2.05, 4.69) is 13.8 Å². The first-order valence-electron chi connectivity index (χ1n) is 3.79. The van der Waals surface area contributed by atoms with E-state index in [4.69, 9.17) is 4.89 Å². The molecule has 0 amide bonds. The highest BCUT2D eigenvalue weighted by molar-refractivity contribution is 7.57. The summed E-state index contributed by atoms with van der Waals surface area (Å²) in [5, 5.41) is 0. The maximum Gasteiger partial charge on any atom is 0.200 e. The summed E-state index contributed by atoms with van der Waals surface area (Å²) in [5.41, 5.74) is 0. The van der Waals surface area contributed by atoms with E-state index >= 15 is 0 Å². The molecule has 0 saturated carbocycles. The molecule has 1 N–H and O–H groups in total. The summed E-state index contributed by atoms with van der Waals surface area (Å²) in [6.45, 7) is 5.90. The smallest absolute Gasteiger partial charge is 0.200 e. The number of hydrogen-bond donors (Lipinski definition) is 1. The van der Waals surface area contributed by atoms with Crippen molar-refractivity contribution in [1.29, 1.82) is 0 Å². The van der Waals surface area contributed by atoms with E-state index in [-0.39, 0.29) is 0 Å². The normalized spacial score (nSPS) is 17.3. The molecule has 0 aromatic carbocycles. The second-order valence-electron chi connectivity index (χ2n) is 3.07. The summed E-state index contributed by atoms with van der Waals surface area (Å²) in [5.74, 6) is 0.534. The Labute approximate surface area is 63.1 Å². The van der Waals surface area contributed by atoms with Gasteiger partial charge in [0.1, 0.15) is 0 Å². The maximum atomic E-state index is 11.0. The fourth-order valence-corrected chi connectivity index (χ4v) is 1.85. The van der Waals surface area contributed by atoms with Crippen molar-refractivity contribution in [3.8, 4) is 0 Å². The van der Waals surface area contributed by atoms with Gasteiger partial charge >= 0.3 is 0 Å². The first-order chi connectivity index (χ1) is 4.48. The molecule has 10 heavy (non-hydrogen) atoms. The summed E-state index contributed by atoms with van der Waals surface area (Å²) < 4.78 is 11.0. The molecule has 0 spiro atoms. The molecular weight excluding hydrogens is 147 g/mol. The summed E-state index contributed by atoms with van der Waals surface area (Å²) in [4.78, 5) is 9.13. The minimum atomic E-state index is -2.73. The Balaban J connectivity index is 3.58. The highest BCUT2D eigenvalue weighted by Crippen LogP contribution is 2.40. The highest BCUT2D eigenvalue weighted by atomic mass is 31.2. The van der Waals surface area contributed by atoms with Crippen LogP contribution in [-0.4, -0.2) is 17.2 Å². The van der Waals surface area contributed by atoms with Crippen LogP contribution in [0.15, 0.2) is 0 Å². The lowest BCUT2D eigenvalue weighted by Crippen LogP contribution is -1.96. The Bertz CT molecular complexity index is 132. The van der Waals surface area contributed by atoms with E-state index in [1.807, 2.05) is 0 Å². The Morgan fingerprint density at radius 2 is 2.00 bits per heavy atom. The zero-order valence-corrected chi connectivity index (χ0v) is 7.90. The van der Waals surface area contributed by atoms with E-state index in [0.717, 1.165) is 6.42 Å². The van der Waals surface area contributed by atoms with Crippen LogP contribution >= 0.6 is 7.37 Å². The van der Waals surface area contributed by atoms with Crippen LogP contribution in [-0.2, 0) is 4.57 Å². The fourth-order valence-electron chi connectivity index (χ4n) is 0.618. The first-order valence-corrected chi connectivity index (χ1v) is 5.82. The van der Waals surface area contributed by atoms with Crippen molar-refractivity contribution in [1.82, 2.24) is 0 Å². The van der Waals surface area contributed by atoms with Gasteiger partial charge in [-0.1, -0.05) is 20.8 Å². The molecule has 0 bridgehead atoms. The van der Waals surface area contributed by atoms with Crippen LogP contribution in [0, 0.1) is 5.92 Å². The third kappa shape index (κ3) is 5.01. The molecule has 0 radical (unpaired) electrons. The first kappa shape index (κ1) is 10.2. The highest BCUT2D eigenvalue weighted by Gasteiger charge is 2.14. The van der Waals surface area contributed by atoms with Gasteiger partial charge in [-0.05, 0) is 12.3 Å². The second-order valence-corrected chi connectivity index (χ2v) is 5.84. The molecule has 0 aromatic rings. The van der Waals surface area contributed by atoms with Crippen LogP contribution in [0.1, 0.15) is 27.2 Å². The monoisotopic (exact) mass is 164 g/mol. The van der Waals surface area contributed by atoms with Crippen LogP contribution in [0.5, 0.6) is 0 Å². The zero-order valence-electron chi connectivity index (χ0n) is 7.00. The van der Waals surface area contributed by atoms with Crippen LogP contribution in [0.3, 0.4) is 0 Å². The maximum absolute atomic E-state index is 11.0. The molecule has 3 heteroatoms. The Kier molecular flexibility index (Phi) is 4.23. The van der Waals surface area contributed by atoms with Gasteiger partial charge in [0.25, 0.3) is 0 Å². The molecule has 0 saturated heterocycles. The van der Waals surface area contributed by atoms with Crippen LogP contribution in [0.25, 0.3) is 0 Å². The van der Waals surface area contributed by atoms with Crippen molar-refractivity contribution >= 4 is 7.37 Å². The van der Waals surface area contributed by atoms with E-state index in [1.165, 1.54) is 0 Å². The van der Waals surface area contributed by atoms with Crippen molar-refractivity contribution in [2.24, 2.45) is 5.92 Å². The van der Waals surface area contributed by atoms with Gasteiger partial charge in [0.05, 0.1) is 0 Å². The molecular formula is C7H17O2P. The molecule has 0 rings (SSSR count). The SMILES string of the molecule is CCP(=O)(O)CCC(C)C. The molecule has 0 heterocycles. The van der Waals surface area contributed by atoms with Gasteiger partial charge < -0.3 is 4.89 Å². The summed E-state index contributed by atoms with van der Waals surface area (Å²) in [7, 11) is -2.73. The van der Waals surface area contributed by atoms with E-state index in [0.29, 0.717) is 18.2 Å². The van der Waals surface area contributed by atoms with Gasteiger partial charge in [0, 0.05) is 12.3 Å². The molecule has 2 nitrogen and oxygen atoms in total. The third-order valence-corrected chi connectivity index (χ3v) is 3.50. The van der Waals surface area contributed by atoms with Crippen molar-refractivity contribution in [3.63, 3.8) is 0 Å². The average molecular weight is 164 g/mol. The van der Waals surface area contributed by atoms with Crippen molar-refractivity contribution in [2.45, 2.75) is 27.2 Å². The standard InChI is InChI=1S/C7H17O2P/c1-4-10(8,9)6-5-7(2)3/h7H,4-6H2,1-3H3,(H,8,9). The molecule has 0 fully saturated rings. The summed E-state index contributed by atoms with van der Waals surface area (Å²) in [6, 6.07) is 0. The minimum absolute atomic E-state index is 0.416. The predicted molar refractivity (Wildman–Crippen MR) is 44.7 cm³/mol. The molecule has 0 aliphatic carbocycles. The quantitative estimate of drug-likeness (QED) is 0.647. The number of hydrogen-bond acceptors (Lipinski definition) is 1. The second kappa shape index (κ2) is 4.15. The zero-order chi connectivity index (χ0) is 8.20. The van der Waals surface area contributed by atoms with Crippen LogP contribution in [0.4, 0.5) is 0 Å². The Morgan fingerprint density at radius 3 is 2.30 bits per heavy atom. The van der Waals surface area contributed by atoms with Crippen molar-refractivity contribution in [2.75, 3.05) is 12.3 Å². The molecule has 1 atom stereocenters. The largest absolute Gasteiger partial charge is 0.344 e. The van der Waals surface area contributed by atoms with Crippen LogP contribution < -0.4 is 0 Å². The lowest BCUT2D eigenvalue weighted by Gasteiger charge is -2.09.